The number of benzene rings is 2. The summed E-state index contributed by atoms with van der Waals surface area (Å²) in [6, 6.07) is 14.6. The maximum absolute atomic E-state index is 11.0. The Morgan fingerprint density at radius 3 is 2.38 bits per heavy atom. The Bertz CT molecular complexity index is 640. The Morgan fingerprint density at radius 1 is 1.19 bits per heavy atom. The van der Waals surface area contributed by atoms with Crippen LogP contribution in [0.3, 0.4) is 0 Å². The largest absolute Gasteiger partial charge is 0.478 e. The molecule has 0 amide bonds. The van der Waals surface area contributed by atoms with Crippen molar-refractivity contribution in [2.24, 2.45) is 0 Å². The van der Waals surface area contributed by atoms with E-state index in [1.807, 2.05) is 44.2 Å². The number of carboxylic acid groups (broad SMARTS) is 1. The van der Waals surface area contributed by atoms with Crippen molar-refractivity contribution in [1.29, 1.82) is 0 Å². The zero-order chi connectivity index (χ0) is 15.5. The van der Waals surface area contributed by atoms with Gasteiger partial charge in [-0.2, -0.15) is 0 Å². The zero-order valence-electron chi connectivity index (χ0n) is 12.1. The summed E-state index contributed by atoms with van der Waals surface area (Å²) in [6.45, 7) is 3.68. The van der Waals surface area contributed by atoms with Crippen LogP contribution in [0, 0.1) is 6.92 Å². The number of anilines is 1. The lowest BCUT2D eigenvalue weighted by molar-refractivity contribution is 0.0697. The third kappa shape index (κ3) is 3.23. The molecule has 0 spiro atoms. The molecule has 2 rings (SSSR count). The van der Waals surface area contributed by atoms with Crippen LogP contribution in [0.25, 0.3) is 0 Å². The van der Waals surface area contributed by atoms with E-state index >= 15 is 0 Å². The summed E-state index contributed by atoms with van der Waals surface area (Å²) in [7, 11) is 0. The summed E-state index contributed by atoms with van der Waals surface area (Å²) < 4.78 is 0. The van der Waals surface area contributed by atoms with E-state index in [1.54, 1.807) is 18.2 Å². The van der Waals surface area contributed by atoms with Gasteiger partial charge >= 0.3 is 5.97 Å². The van der Waals surface area contributed by atoms with Crippen molar-refractivity contribution in [2.75, 3.05) is 11.9 Å². The van der Waals surface area contributed by atoms with Crippen LogP contribution >= 0.6 is 0 Å². The first kappa shape index (κ1) is 15.1. The van der Waals surface area contributed by atoms with Gasteiger partial charge in [0.05, 0.1) is 17.7 Å². The summed E-state index contributed by atoms with van der Waals surface area (Å²) in [6.07, 6.45) is 0. The van der Waals surface area contributed by atoms with Crippen molar-refractivity contribution in [3.63, 3.8) is 0 Å². The van der Waals surface area contributed by atoms with Gasteiger partial charge in [0.15, 0.2) is 0 Å². The molecule has 3 N–H and O–H groups in total. The van der Waals surface area contributed by atoms with Gasteiger partial charge in [-0.3, -0.25) is 0 Å². The average molecular weight is 285 g/mol. The molecule has 1 unspecified atom stereocenters. The van der Waals surface area contributed by atoms with Gasteiger partial charge in [-0.1, -0.05) is 30.3 Å². The molecule has 2 aromatic rings. The number of hydrogen-bond acceptors (Lipinski definition) is 3. The number of aryl methyl sites for hydroxylation is 1. The summed E-state index contributed by atoms with van der Waals surface area (Å²) in [4.78, 5) is 11.0. The second-order valence-electron chi connectivity index (χ2n) is 5.32. The fourth-order valence-corrected chi connectivity index (χ4v) is 2.24. The Kier molecular flexibility index (Phi) is 4.29. The van der Waals surface area contributed by atoms with Crippen LogP contribution in [-0.2, 0) is 5.54 Å². The summed E-state index contributed by atoms with van der Waals surface area (Å²) in [5, 5.41) is 22.1. The lowest BCUT2D eigenvalue weighted by atomic mass is 9.92. The molecular formula is C17H19NO3. The van der Waals surface area contributed by atoms with Crippen molar-refractivity contribution in [3.05, 3.63) is 65.2 Å². The molecule has 4 heteroatoms. The number of nitrogens with one attached hydrogen (secondary N) is 1. The minimum atomic E-state index is -0.947. The molecule has 110 valence electrons. The van der Waals surface area contributed by atoms with Gasteiger partial charge in [-0.25, -0.2) is 4.79 Å². The minimum absolute atomic E-state index is 0.0723. The van der Waals surface area contributed by atoms with Crippen LogP contribution in [0.4, 0.5) is 5.69 Å². The highest BCUT2D eigenvalue weighted by Crippen LogP contribution is 2.28. The van der Waals surface area contributed by atoms with Gasteiger partial charge in [0.2, 0.25) is 0 Å². The standard InChI is InChI=1S/C17H19NO3/c1-12-10-13(16(20)21)8-9-15(12)18-17(2,11-19)14-6-4-3-5-7-14/h3-10,18-19H,11H2,1-2H3,(H,20,21). The molecule has 4 nitrogen and oxygen atoms in total. The normalized spacial score (nSPS) is 13.5. The molecule has 0 bridgehead atoms. The predicted molar refractivity (Wildman–Crippen MR) is 82.6 cm³/mol. The van der Waals surface area contributed by atoms with Gasteiger partial charge in [-0.15, -0.1) is 0 Å². The molecule has 0 saturated heterocycles. The predicted octanol–water partition coefficient (Wildman–Crippen LogP) is 3.01. The van der Waals surface area contributed by atoms with Gasteiger partial charge in [0.25, 0.3) is 0 Å². The number of rotatable bonds is 5. The molecular weight excluding hydrogens is 266 g/mol. The molecule has 2 aromatic carbocycles. The Labute approximate surface area is 124 Å². The highest BCUT2D eigenvalue weighted by atomic mass is 16.4. The topological polar surface area (TPSA) is 69.6 Å². The maximum atomic E-state index is 11.0. The van der Waals surface area contributed by atoms with E-state index in [-0.39, 0.29) is 12.2 Å². The molecule has 0 radical (unpaired) electrons. The SMILES string of the molecule is Cc1cc(C(=O)O)ccc1NC(C)(CO)c1ccccc1. The van der Waals surface area contributed by atoms with Crippen molar-refractivity contribution in [1.82, 2.24) is 0 Å². The molecule has 0 aliphatic carbocycles. The zero-order valence-corrected chi connectivity index (χ0v) is 12.1. The van der Waals surface area contributed by atoms with Crippen molar-refractivity contribution in [3.8, 4) is 0 Å². The molecule has 0 aliphatic heterocycles. The van der Waals surface area contributed by atoms with Crippen LogP contribution in [0.2, 0.25) is 0 Å². The quantitative estimate of drug-likeness (QED) is 0.790. The fourth-order valence-electron chi connectivity index (χ4n) is 2.24. The Hall–Kier alpha value is -2.33. The van der Waals surface area contributed by atoms with E-state index < -0.39 is 11.5 Å². The van der Waals surface area contributed by atoms with Crippen LogP contribution in [0.1, 0.15) is 28.4 Å². The number of carbonyl (C=O) groups is 1. The third-order valence-corrected chi connectivity index (χ3v) is 3.61. The highest BCUT2D eigenvalue weighted by Gasteiger charge is 2.26. The molecule has 0 fully saturated rings. The van der Waals surface area contributed by atoms with Crippen molar-refractivity contribution < 1.29 is 15.0 Å². The first-order valence-electron chi connectivity index (χ1n) is 6.75. The van der Waals surface area contributed by atoms with Gasteiger partial charge < -0.3 is 15.5 Å². The third-order valence-electron chi connectivity index (χ3n) is 3.61. The summed E-state index contributed by atoms with van der Waals surface area (Å²) in [5.74, 6) is -0.947. The summed E-state index contributed by atoms with van der Waals surface area (Å²) >= 11 is 0. The Morgan fingerprint density at radius 2 is 1.86 bits per heavy atom. The number of hydrogen-bond donors (Lipinski definition) is 3. The van der Waals surface area contributed by atoms with Crippen LogP contribution < -0.4 is 5.32 Å². The molecule has 21 heavy (non-hydrogen) atoms. The van der Waals surface area contributed by atoms with Crippen LogP contribution in [0.5, 0.6) is 0 Å². The highest BCUT2D eigenvalue weighted by molar-refractivity contribution is 5.88. The van der Waals surface area contributed by atoms with Gasteiger partial charge in [0.1, 0.15) is 0 Å². The second-order valence-corrected chi connectivity index (χ2v) is 5.32. The molecule has 0 aliphatic rings. The number of aliphatic hydroxyl groups is 1. The molecule has 0 heterocycles. The lowest BCUT2D eigenvalue weighted by Crippen LogP contribution is -2.36. The van der Waals surface area contributed by atoms with E-state index in [0.717, 1.165) is 16.8 Å². The molecule has 0 aromatic heterocycles. The molecule has 0 saturated carbocycles. The van der Waals surface area contributed by atoms with Crippen LogP contribution in [-0.4, -0.2) is 22.8 Å². The minimum Gasteiger partial charge on any atom is -0.478 e. The Balaban J connectivity index is 2.33. The van der Waals surface area contributed by atoms with E-state index in [1.165, 1.54) is 0 Å². The van der Waals surface area contributed by atoms with E-state index in [2.05, 4.69) is 5.32 Å². The van der Waals surface area contributed by atoms with Gasteiger partial charge in [0, 0.05) is 5.69 Å². The average Bonchev–Trinajstić information content (AvgIpc) is 2.50. The second kappa shape index (κ2) is 5.97. The summed E-state index contributed by atoms with van der Waals surface area (Å²) in [5.41, 5.74) is 2.22. The van der Waals surface area contributed by atoms with E-state index in [9.17, 15) is 9.90 Å². The maximum Gasteiger partial charge on any atom is 0.335 e. The number of aliphatic hydroxyl groups excluding tert-OH is 1. The van der Waals surface area contributed by atoms with Gasteiger partial charge in [-0.05, 0) is 43.2 Å². The van der Waals surface area contributed by atoms with Crippen molar-refractivity contribution in [2.45, 2.75) is 19.4 Å². The fraction of sp³-hybridized carbons (Fsp3) is 0.235. The first-order chi connectivity index (χ1) is 9.96. The first-order valence-corrected chi connectivity index (χ1v) is 6.75. The van der Waals surface area contributed by atoms with Crippen LogP contribution in [0.15, 0.2) is 48.5 Å². The van der Waals surface area contributed by atoms with E-state index in [0.29, 0.717) is 0 Å². The molecule has 1 atom stereocenters. The number of carboxylic acids is 1. The number of aromatic carboxylic acids is 1. The van der Waals surface area contributed by atoms with Crippen molar-refractivity contribution >= 4 is 11.7 Å². The van der Waals surface area contributed by atoms with E-state index in [4.69, 9.17) is 5.11 Å². The monoisotopic (exact) mass is 285 g/mol. The lowest BCUT2D eigenvalue weighted by Gasteiger charge is -2.31. The smallest absolute Gasteiger partial charge is 0.335 e.